The summed E-state index contributed by atoms with van der Waals surface area (Å²) in [5.74, 6) is -1.12. The number of nitrogens with zero attached hydrogens (tertiary/aromatic N) is 3. The molecule has 1 fully saturated rings. The number of nitrogens with one attached hydrogen (secondary N) is 1. The zero-order valence-electron chi connectivity index (χ0n) is 18.0. The molecule has 2 amide bonds. The fraction of sp³-hybridized carbons (Fsp3) is 0.292. The highest BCUT2D eigenvalue weighted by atomic mass is 19.4. The Balaban J connectivity index is 0.000000205. The average Bonchev–Trinajstić information content (AvgIpc) is 3.08. The summed E-state index contributed by atoms with van der Waals surface area (Å²) in [4.78, 5) is 29.1. The van der Waals surface area contributed by atoms with E-state index in [1.807, 2.05) is 29.4 Å². The van der Waals surface area contributed by atoms with Gasteiger partial charge in [0.2, 0.25) is 5.91 Å². The van der Waals surface area contributed by atoms with Crippen molar-refractivity contribution in [1.82, 2.24) is 19.8 Å². The fourth-order valence-corrected chi connectivity index (χ4v) is 3.74. The van der Waals surface area contributed by atoms with E-state index in [-0.39, 0.29) is 11.5 Å². The standard InChI is InChI=1S/C16H19N3O.C8H6F3NO/c1-2-16(20)18-10-6-5-7-13(11-18)19-12-17-14-8-3-4-9-15(14)19;9-8(10,11)12-7(13)6-4-2-1-3-5-6/h2-4,8-9,12-13H,1,5-7,10-11H2;1-5H,(H,12,13)/t13-;/m0./s1. The van der Waals surface area contributed by atoms with Crippen molar-refractivity contribution in [3.63, 3.8) is 0 Å². The first kappa shape index (κ1) is 24.0. The maximum Gasteiger partial charge on any atom is 0.484 e. The van der Waals surface area contributed by atoms with Crippen LogP contribution in [0.3, 0.4) is 0 Å². The molecule has 0 unspecified atom stereocenters. The molecule has 1 atom stereocenters. The van der Waals surface area contributed by atoms with Crippen LogP contribution in [0.2, 0.25) is 0 Å². The Labute approximate surface area is 189 Å². The normalized spacial score (nSPS) is 16.3. The minimum atomic E-state index is -4.67. The van der Waals surface area contributed by atoms with Crippen LogP contribution in [0.4, 0.5) is 13.2 Å². The number of halogens is 3. The Morgan fingerprint density at radius 2 is 1.76 bits per heavy atom. The molecule has 0 bridgehead atoms. The lowest BCUT2D eigenvalue weighted by atomic mass is 10.1. The molecular weight excluding hydrogens is 433 g/mol. The predicted octanol–water partition coefficient (Wildman–Crippen LogP) is 4.71. The van der Waals surface area contributed by atoms with Gasteiger partial charge in [-0.3, -0.25) is 14.9 Å². The second-order valence-electron chi connectivity index (χ2n) is 7.60. The van der Waals surface area contributed by atoms with E-state index in [1.165, 1.54) is 30.3 Å². The van der Waals surface area contributed by atoms with Gasteiger partial charge < -0.3 is 9.47 Å². The number of hydrogen-bond donors (Lipinski definition) is 1. The number of rotatable bonds is 3. The largest absolute Gasteiger partial charge is 0.484 e. The fourth-order valence-electron chi connectivity index (χ4n) is 3.74. The van der Waals surface area contributed by atoms with E-state index < -0.39 is 12.2 Å². The topological polar surface area (TPSA) is 67.2 Å². The molecule has 1 aliphatic heterocycles. The molecule has 1 aliphatic rings. The maximum atomic E-state index is 11.9. The van der Waals surface area contributed by atoms with Gasteiger partial charge >= 0.3 is 6.30 Å². The van der Waals surface area contributed by atoms with E-state index in [1.54, 1.807) is 6.07 Å². The van der Waals surface area contributed by atoms with Crippen molar-refractivity contribution in [3.05, 3.63) is 79.1 Å². The summed E-state index contributed by atoms with van der Waals surface area (Å²) in [5, 5.41) is 0.896. The maximum absolute atomic E-state index is 11.9. The molecule has 6 nitrogen and oxygen atoms in total. The van der Waals surface area contributed by atoms with Crippen molar-refractivity contribution in [1.29, 1.82) is 0 Å². The highest BCUT2D eigenvalue weighted by Gasteiger charge is 2.30. The van der Waals surface area contributed by atoms with Crippen LogP contribution < -0.4 is 5.32 Å². The van der Waals surface area contributed by atoms with Gasteiger partial charge in [0, 0.05) is 18.7 Å². The summed E-state index contributed by atoms with van der Waals surface area (Å²) in [6.45, 7) is 5.16. The summed E-state index contributed by atoms with van der Waals surface area (Å²) in [6.07, 6.45) is 1.92. The Morgan fingerprint density at radius 3 is 2.45 bits per heavy atom. The first-order valence-electron chi connectivity index (χ1n) is 10.6. The van der Waals surface area contributed by atoms with Gasteiger partial charge in [0.15, 0.2) is 0 Å². The van der Waals surface area contributed by atoms with Crippen molar-refractivity contribution in [2.45, 2.75) is 31.6 Å². The number of amides is 2. The molecule has 1 saturated heterocycles. The number of hydrogen-bond acceptors (Lipinski definition) is 3. The van der Waals surface area contributed by atoms with Crippen LogP contribution in [-0.2, 0) is 4.79 Å². The van der Waals surface area contributed by atoms with Crippen LogP contribution in [0.5, 0.6) is 0 Å². The van der Waals surface area contributed by atoms with Gasteiger partial charge in [-0.2, -0.15) is 13.2 Å². The average molecular weight is 458 g/mol. The van der Waals surface area contributed by atoms with E-state index in [0.717, 1.165) is 48.7 Å². The van der Waals surface area contributed by atoms with E-state index in [9.17, 15) is 22.8 Å². The molecule has 174 valence electrons. The molecular formula is C24H25F3N4O2. The molecule has 4 rings (SSSR count). The predicted molar refractivity (Wildman–Crippen MR) is 119 cm³/mol. The van der Waals surface area contributed by atoms with E-state index in [2.05, 4.69) is 22.2 Å². The van der Waals surface area contributed by atoms with Crippen LogP contribution >= 0.6 is 0 Å². The lowest BCUT2D eigenvalue weighted by Gasteiger charge is -2.24. The first-order valence-corrected chi connectivity index (χ1v) is 10.6. The summed E-state index contributed by atoms with van der Waals surface area (Å²) in [6, 6.07) is 15.7. The zero-order chi connectivity index (χ0) is 23.8. The molecule has 2 aromatic carbocycles. The number of aromatic nitrogens is 2. The molecule has 0 saturated carbocycles. The number of alkyl halides is 3. The third-order valence-electron chi connectivity index (χ3n) is 5.30. The number of para-hydroxylation sites is 2. The Bertz CT molecular complexity index is 1100. The van der Waals surface area contributed by atoms with Crippen LogP contribution in [-0.4, -0.2) is 45.7 Å². The number of fused-ring (bicyclic) bond motifs is 1. The molecule has 0 spiro atoms. The van der Waals surface area contributed by atoms with Gasteiger partial charge in [0.1, 0.15) is 0 Å². The molecule has 1 aromatic heterocycles. The minimum Gasteiger partial charge on any atom is -0.337 e. The highest BCUT2D eigenvalue weighted by Crippen LogP contribution is 2.25. The minimum absolute atomic E-state index is 0.0141. The summed E-state index contributed by atoms with van der Waals surface area (Å²) < 4.78 is 37.2. The second-order valence-corrected chi connectivity index (χ2v) is 7.60. The van der Waals surface area contributed by atoms with Crippen molar-refractivity contribution in [3.8, 4) is 0 Å². The Morgan fingerprint density at radius 1 is 1.06 bits per heavy atom. The van der Waals surface area contributed by atoms with Gasteiger partial charge in [-0.15, -0.1) is 0 Å². The second kappa shape index (κ2) is 10.8. The third-order valence-corrected chi connectivity index (χ3v) is 5.30. The van der Waals surface area contributed by atoms with Gasteiger partial charge in [0.05, 0.1) is 23.4 Å². The number of benzene rings is 2. The van der Waals surface area contributed by atoms with Gasteiger partial charge in [-0.1, -0.05) is 36.9 Å². The summed E-state index contributed by atoms with van der Waals surface area (Å²) >= 11 is 0. The number of carbonyl (C=O) groups is 2. The Kier molecular flexibility index (Phi) is 7.87. The first-order chi connectivity index (χ1) is 15.8. The monoisotopic (exact) mass is 458 g/mol. The lowest BCUT2D eigenvalue weighted by Crippen LogP contribution is -2.37. The van der Waals surface area contributed by atoms with Crippen molar-refractivity contribution >= 4 is 22.8 Å². The number of imidazole rings is 1. The molecule has 0 radical (unpaired) electrons. The van der Waals surface area contributed by atoms with E-state index in [0.29, 0.717) is 6.04 Å². The highest BCUT2D eigenvalue weighted by molar-refractivity contribution is 5.94. The summed E-state index contributed by atoms with van der Waals surface area (Å²) in [7, 11) is 0. The van der Waals surface area contributed by atoms with Crippen molar-refractivity contribution in [2.24, 2.45) is 0 Å². The van der Waals surface area contributed by atoms with Crippen LogP contribution in [0.1, 0.15) is 35.7 Å². The SMILES string of the molecule is C=CC(=O)N1CCCC[C@H](n2cnc3ccccc32)C1.O=C(NC(F)(F)F)c1ccccc1. The Hall–Kier alpha value is -3.62. The van der Waals surface area contributed by atoms with Gasteiger partial charge in [0.25, 0.3) is 5.91 Å². The van der Waals surface area contributed by atoms with Crippen LogP contribution in [0.15, 0.2) is 73.6 Å². The third kappa shape index (κ3) is 6.68. The molecule has 9 heteroatoms. The molecule has 3 aromatic rings. The molecule has 2 heterocycles. The van der Waals surface area contributed by atoms with E-state index >= 15 is 0 Å². The molecule has 1 N–H and O–H groups in total. The number of likely N-dealkylation sites (tertiary alicyclic amines) is 1. The van der Waals surface area contributed by atoms with E-state index in [4.69, 9.17) is 0 Å². The van der Waals surface area contributed by atoms with Crippen LogP contribution in [0, 0.1) is 0 Å². The van der Waals surface area contributed by atoms with Gasteiger partial charge in [-0.05, 0) is 49.6 Å². The molecule has 0 aliphatic carbocycles. The molecule has 33 heavy (non-hydrogen) atoms. The zero-order valence-corrected chi connectivity index (χ0v) is 18.0. The van der Waals surface area contributed by atoms with Crippen molar-refractivity contribution < 1.29 is 22.8 Å². The number of carbonyl (C=O) groups excluding carboxylic acids is 2. The smallest absolute Gasteiger partial charge is 0.337 e. The lowest BCUT2D eigenvalue weighted by molar-refractivity contribution is -0.146. The quantitative estimate of drug-likeness (QED) is 0.457. The van der Waals surface area contributed by atoms with Crippen LogP contribution in [0.25, 0.3) is 11.0 Å². The summed E-state index contributed by atoms with van der Waals surface area (Å²) in [5.41, 5.74) is 2.14. The van der Waals surface area contributed by atoms with Gasteiger partial charge in [-0.25, -0.2) is 4.98 Å². The van der Waals surface area contributed by atoms with Crippen molar-refractivity contribution in [2.75, 3.05) is 13.1 Å².